The summed E-state index contributed by atoms with van der Waals surface area (Å²) in [5, 5.41) is 9.75. The monoisotopic (exact) mass is 205 g/mol. The van der Waals surface area contributed by atoms with Gasteiger partial charge in [0.15, 0.2) is 11.5 Å². The van der Waals surface area contributed by atoms with Crippen LogP contribution in [0.25, 0.3) is 0 Å². The average Bonchev–Trinajstić information content (AvgIpc) is 2.17. The third kappa shape index (κ3) is 1.23. The van der Waals surface area contributed by atoms with Gasteiger partial charge in [0.1, 0.15) is 5.60 Å². The summed E-state index contributed by atoms with van der Waals surface area (Å²) in [7, 11) is 0. The Kier molecular flexibility index (Phi) is 1.74. The predicted molar refractivity (Wildman–Crippen MR) is 56.9 cm³/mol. The first-order valence-electron chi connectivity index (χ1n) is 5.47. The maximum atomic E-state index is 9.75. The molecule has 3 rings (SSSR count). The Balaban J connectivity index is 2.05. The van der Waals surface area contributed by atoms with Crippen LogP contribution in [-0.2, 0) is 0 Å². The third-order valence-corrected chi connectivity index (χ3v) is 3.60. The van der Waals surface area contributed by atoms with Crippen LogP contribution >= 0.6 is 0 Å². The van der Waals surface area contributed by atoms with Gasteiger partial charge in [-0.15, -0.1) is 0 Å². The van der Waals surface area contributed by atoms with E-state index in [2.05, 4.69) is 0 Å². The molecule has 1 atom stereocenters. The first kappa shape index (κ1) is 9.04. The Hall–Kier alpha value is -1.22. The summed E-state index contributed by atoms with van der Waals surface area (Å²) in [6, 6.07) is 5.41. The highest BCUT2D eigenvalue weighted by atomic mass is 16.5. The highest BCUT2D eigenvalue weighted by Crippen LogP contribution is 2.50. The standard InChI is InChI=1S/C12H15NO2/c13-9-7-12(5-2-6-12)15-11-8(9)3-1-4-10(11)14/h1,3-4,9,14H,2,5-7,13H2. The highest BCUT2D eigenvalue weighted by molar-refractivity contribution is 5.49. The number of fused-ring (bicyclic) bond motifs is 1. The lowest BCUT2D eigenvalue weighted by Crippen LogP contribution is -2.48. The molecule has 1 unspecified atom stereocenters. The van der Waals surface area contributed by atoms with Gasteiger partial charge in [-0.05, 0) is 25.3 Å². The second-order valence-electron chi connectivity index (χ2n) is 4.64. The highest BCUT2D eigenvalue weighted by Gasteiger charge is 2.45. The topological polar surface area (TPSA) is 55.5 Å². The van der Waals surface area contributed by atoms with Gasteiger partial charge in [0, 0.05) is 18.0 Å². The lowest BCUT2D eigenvalue weighted by molar-refractivity contribution is -0.0348. The molecule has 1 fully saturated rings. The molecule has 15 heavy (non-hydrogen) atoms. The maximum absolute atomic E-state index is 9.75. The summed E-state index contributed by atoms with van der Waals surface area (Å²) < 4.78 is 5.93. The van der Waals surface area contributed by atoms with Crippen molar-refractivity contribution in [3.8, 4) is 11.5 Å². The van der Waals surface area contributed by atoms with Gasteiger partial charge in [0.2, 0.25) is 0 Å². The van der Waals surface area contributed by atoms with Crippen LogP contribution in [0.5, 0.6) is 11.5 Å². The van der Waals surface area contributed by atoms with Gasteiger partial charge in [-0.25, -0.2) is 0 Å². The first-order chi connectivity index (χ1) is 7.20. The molecule has 0 bridgehead atoms. The largest absolute Gasteiger partial charge is 0.504 e. The van der Waals surface area contributed by atoms with Crippen LogP contribution in [0.15, 0.2) is 18.2 Å². The number of para-hydroxylation sites is 1. The van der Waals surface area contributed by atoms with Crippen molar-refractivity contribution in [3.63, 3.8) is 0 Å². The Labute approximate surface area is 88.9 Å². The van der Waals surface area contributed by atoms with E-state index < -0.39 is 0 Å². The second kappa shape index (κ2) is 2.89. The number of rotatable bonds is 0. The van der Waals surface area contributed by atoms with Crippen molar-refractivity contribution in [2.45, 2.75) is 37.3 Å². The molecular formula is C12H15NO2. The van der Waals surface area contributed by atoms with E-state index in [0.717, 1.165) is 24.8 Å². The summed E-state index contributed by atoms with van der Waals surface area (Å²) in [5.41, 5.74) is 6.97. The zero-order valence-electron chi connectivity index (χ0n) is 8.57. The van der Waals surface area contributed by atoms with Crippen molar-refractivity contribution in [1.82, 2.24) is 0 Å². The molecule has 0 saturated heterocycles. The second-order valence-corrected chi connectivity index (χ2v) is 4.64. The Morgan fingerprint density at radius 3 is 2.87 bits per heavy atom. The molecule has 1 heterocycles. The SMILES string of the molecule is NC1CC2(CCC2)Oc2c(O)cccc21. The minimum atomic E-state index is -0.0781. The molecule has 1 aromatic carbocycles. The van der Waals surface area contributed by atoms with Gasteiger partial charge < -0.3 is 15.6 Å². The quantitative estimate of drug-likeness (QED) is 0.682. The summed E-state index contributed by atoms with van der Waals surface area (Å²) in [6.45, 7) is 0. The lowest BCUT2D eigenvalue weighted by Gasteiger charge is -2.47. The molecule has 1 aromatic rings. The molecule has 1 spiro atoms. The van der Waals surface area contributed by atoms with Gasteiger partial charge in [0.25, 0.3) is 0 Å². The van der Waals surface area contributed by atoms with Crippen LogP contribution in [0.2, 0.25) is 0 Å². The molecule has 1 aliphatic heterocycles. The van der Waals surface area contributed by atoms with Crippen LogP contribution in [0, 0.1) is 0 Å². The Bertz CT molecular complexity index is 399. The van der Waals surface area contributed by atoms with E-state index in [0.29, 0.717) is 5.75 Å². The molecule has 1 saturated carbocycles. The lowest BCUT2D eigenvalue weighted by atomic mass is 9.73. The smallest absolute Gasteiger partial charge is 0.166 e. The van der Waals surface area contributed by atoms with E-state index >= 15 is 0 Å². The van der Waals surface area contributed by atoms with Crippen LogP contribution in [0.4, 0.5) is 0 Å². The molecule has 3 heteroatoms. The average molecular weight is 205 g/mol. The van der Waals surface area contributed by atoms with Crippen LogP contribution in [0.1, 0.15) is 37.3 Å². The molecule has 80 valence electrons. The fraction of sp³-hybridized carbons (Fsp3) is 0.500. The molecule has 3 nitrogen and oxygen atoms in total. The Morgan fingerprint density at radius 1 is 1.40 bits per heavy atom. The summed E-state index contributed by atoms with van der Waals surface area (Å²) in [4.78, 5) is 0. The zero-order valence-corrected chi connectivity index (χ0v) is 8.57. The van der Waals surface area contributed by atoms with Crippen molar-refractivity contribution in [1.29, 1.82) is 0 Å². The van der Waals surface area contributed by atoms with E-state index in [1.54, 1.807) is 6.07 Å². The summed E-state index contributed by atoms with van der Waals surface area (Å²) in [5.74, 6) is 0.824. The number of aromatic hydroxyl groups is 1. The minimum Gasteiger partial charge on any atom is -0.504 e. The number of hydrogen-bond acceptors (Lipinski definition) is 3. The van der Waals surface area contributed by atoms with E-state index in [9.17, 15) is 5.11 Å². The van der Waals surface area contributed by atoms with Gasteiger partial charge in [-0.3, -0.25) is 0 Å². The summed E-state index contributed by atoms with van der Waals surface area (Å²) in [6.07, 6.45) is 4.21. The third-order valence-electron chi connectivity index (χ3n) is 3.60. The maximum Gasteiger partial charge on any atom is 0.166 e. The molecule has 0 aromatic heterocycles. The minimum absolute atomic E-state index is 0.00106. The molecule has 0 amide bonds. The predicted octanol–water partition coefficient (Wildman–Crippen LogP) is 2.10. The molecule has 1 aliphatic carbocycles. The number of nitrogens with two attached hydrogens (primary N) is 1. The van der Waals surface area contributed by atoms with Crippen molar-refractivity contribution in [3.05, 3.63) is 23.8 Å². The number of phenols is 1. The van der Waals surface area contributed by atoms with E-state index in [4.69, 9.17) is 10.5 Å². The molecule has 0 radical (unpaired) electrons. The zero-order chi connectivity index (χ0) is 10.5. The van der Waals surface area contributed by atoms with Crippen molar-refractivity contribution >= 4 is 0 Å². The fourth-order valence-corrected chi connectivity index (χ4v) is 2.59. The van der Waals surface area contributed by atoms with Crippen molar-refractivity contribution in [2.24, 2.45) is 5.73 Å². The van der Waals surface area contributed by atoms with Gasteiger partial charge in [-0.1, -0.05) is 12.1 Å². The van der Waals surface area contributed by atoms with Crippen molar-refractivity contribution < 1.29 is 9.84 Å². The molecule has 2 aliphatic rings. The van der Waals surface area contributed by atoms with E-state index in [1.165, 1.54) is 6.42 Å². The number of ether oxygens (including phenoxy) is 1. The number of phenolic OH excluding ortho intramolecular Hbond substituents is 1. The van der Waals surface area contributed by atoms with Gasteiger partial charge in [0.05, 0.1) is 0 Å². The fourth-order valence-electron chi connectivity index (χ4n) is 2.59. The van der Waals surface area contributed by atoms with Gasteiger partial charge >= 0.3 is 0 Å². The van der Waals surface area contributed by atoms with E-state index in [-0.39, 0.29) is 17.4 Å². The number of hydrogen-bond donors (Lipinski definition) is 2. The summed E-state index contributed by atoms with van der Waals surface area (Å²) >= 11 is 0. The van der Waals surface area contributed by atoms with E-state index in [1.807, 2.05) is 12.1 Å². The Morgan fingerprint density at radius 2 is 2.20 bits per heavy atom. The molecule has 3 N–H and O–H groups in total. The van der Waals surface area contributed by atoms with Crippen LogP contribution < -0.4 is 10.5 Å². The van der Waals surface area contributed by atoms with Crippen LogP contribution in [0.3, 0.4) is 0 Å². The van der Waals surface area contributed by atoms with Gasteiger partial charge in [-0.2, -0.15) is 0 Å². The number of benzene rings is 1. The van der Waals surface area contributed by atoms with Crippen LogP contribution in [-0.4, -0.2) is 10.7 Å². The first-order valence-corrected chi connectivity index (χ1v) is 5.47. The molecular weight excluding hydrogens is 190 g/mol. The van der Waals surface area contributed by atoms with Crippen molar-refractivity contribution in [2.75, 3.05) is 0 Å². The normalized spacial score (nSPS) is 26.6.